The van der Waals surface area contributed by atoms with Crippen LogP contribution in [0.2, 0.25) is 0 Å². The molecule has 14 nitrogen and oxygen atoms in total. The van der Waals surface area contributed by atoms with Gasteiger partial charge in [0.25, 0.3) is 5.56 Å². The van der Waals surface area contributed by atoms with Crippen molar-refractivity contribution in [3.63, 3.8) is 0 Å². The first-order chi connectivity index (χ1) is 20.6. The molecule has 0 fully saturated rings. The number of nitrogens with two attached hydrogens (primary N) is 1. The normalized spacial score (nSPS) is 12.9. The Hall–Kier alpha value is -4.63. The summed E-state index contributed by atoms with van der Waals surface area (Å²) in [5.74, 6) is -2.81. The maximum Gasteiger partial charge on any atom is 0.519 e. The number of imidazole rings is 1. The number of nitrogens with zero attached hydrogens (tertiary/aromatic N) is 3. The molecule has 2 aromatic carbocycles. The molecule has 0 radical (unpaired) electrons. The van der Waals surface area contributed by atoms with E-state index in [0.29, 0.717) is 5.56 Å². The number of aromatic amines is 1. The number of aromatic nitrogens is 4. The van der Waals surface area contributed by atoms with Crippen molar-refractivity contribution >= 4 is 24.7 Å². The predicted molar refractivity (Wildman–Crippen MR) is 146 cm³/mol. The molecule has 0 aliphatic heterocycles. The van der Waals surface area contributed by atoms with E-state index in [1.54, 1.807) is 6.07 Å². The zero-order chi connectivity index (χ0) is 30.6. The van der Waals surface area contributed by atoms with Gasteiger partial charge in [-0.1, -0.05) is 12.1 Å². The highest BCUT2D eigenvalue weighted by molar-refractivity contribution is 7.53. The summed E-state index contributed by atoms with van der Waals surface area (Å²) in [6.45, 7) is -0.799. The van der Waals surface area contributed by atoms with Gasteiger partial charge in [0, 0.05) is 12.1 Å². The van der Waals surface area contributed by atoms with Crippen LogP contribution in [-0.4, -0.2) is 39.6 Å². The van der Waals surface area contributed by atoms with Gasteiger partial charge in [-0.25, -0.2) is 18.6 Å². The Morgan fingerprint density at radius 1 is 1.09 bits per heavy atom. The summed E-state index contributed by atoms with van der Waals surface area (Å²) in [6, 6.07) is 9.27. The number of nitrogens with one attached hydrogen (secondary N) is 1. The predicted octanol–water partition coefficient (Wildman–Crippen LogP) is 3.80. The Labute approximate surface area is 240 Å². The van der Waals surface area contributed by atoms with Gasteiger partial charge in [-0.3, -0.25) is 18.9 Å². The Morgan fingerprint density at radius 3 is 2.67 bits per heavy atom. The van der Waals surface area contributed by atoms with Crippen molar-refractivity contribution in [3.05, 3.63) is 92.7 Å². The van der Waals surface area contributed by atoms with Gasteiger partial charge in [0.05, 0.1) is 26.7 Å². The lowest BCUT2D eigenvalue weighted by Crippen LogP contribution is -2.13. The maximum atomic E-state index is 14.3. The van der Waals surface area contributed by atoms with E-state index in [1.165, 1.54) is 48.3 Å². The van der Waals surface area contributed by atoms with Gasteiger partial charge < -0.3 is 33.1 Å². The number of fused-ring (bicyclic) bond motifs is 1. The SMILES string of the molecule is COc1ccc(-c2oc(=O)oc2COP(=O)(COCCn2cnc3c(=O)[nH]c(N)nc32)OCc2cccc(F)c2)cc1F. The smallest absolute Gasteiger partial charge is 0.494 e. The van der Waals surface area contributed by atoms with E-state index < -0.39 is 43.6 Å². The quantitative estimate of drug-likeness (QED) is 0.144. The molecule has 5 rings (SSSR count). The molecule has 0 bridgehead atoms. The van der Waals surface area contributed by atoms with E-state index in [4.69, 9.17) is 33.1 Å². The maximum absolute atomic E-state index is 14.3. The van der Waals surface area contributed by atoms with Crippen LogP contribution >= 0.6 is 7.60 Å². The van der Waals surface area contributed by atoms with E-state index in [2.05, 4.69) is 15.0 Å². The molecule has 0 spiro atoms. The van der Waals surface area contributed by atoms with Crippen LogP contribution in [-0.2, 0) is 38.1 Å². The minimum Gasteiger partial charge on any atom is -0.494 e. The van der Waals surface area contributed by atoms with E-state index in [9.17, 15) is 22.9 Å². The lowest BCUT2D eigenvalue weighted by Gasteiger charge is -2.18. The molecule has 0 amide bonds. The zero-order valence-electron chi connectivity index (χ0n) is 22.5. The summed E-state index contributed by atoms with van der Waals surface area (Å²) in [5, 5.41) is 0. The van der Waals surface area contributed by atoms with Crippen molar-refractivity contribution in [3.8, 4) is 17.1 Å². The third-order valence-electron chi connectivity index (χ3n) is 5.99. The third kappa shape index (κ3) is 7.06. The molecule has 0 aliphatic rings. The molecule has 226 valence electrons. The number of hydrogen-bond acceptors (Lipinski definition) is 12. The lowest BCUT2D eigenvalue weighted by atomic mass is 10.1. The van der Waals surface area contributed by atoms with Crippen LogP contribution in [0.1, 0.15) is 11.3 Å². The highest BCUT2D eigenvalue weighted by atomic mass is 31.2. The first kappa shape index (κ1) is 29.8. The second-order valence-electron chi connectivity index (χ2n) is 8.94. The van der Waals surface area contributed by atoms with Gasteiger partial charge in [-0.2, -0.15) is 4.98 Å². The van der Waals surface area contributed by atoms with Crippen molar-refractivity contribution in [2.24, 2.45) is 0 Å². The molecule has 0 saturated carbocycles. The first-order valence-electron chi connectivity index (χ1n) is 12.5. The van der Waals surface area contributed by atoms with Crippen molar-refractivity contribution in [2.45, 2.75) is 19.8 Å². The molecular formula is C26H24F2N5O9P. The molecular weight excluding hydrogens is 595 g/mol. The van der Waals surface area contributed by atoms with Gasteiger partial charge in [0.1, 0.15) is 18.8 Å². The molecule has 0 aliphatic carbocycles. The average Bonchev–Trinajstić information content (AvgIpc) is 3.56. The fraction of sp³-hybridized carbons (Fsp3) is 0.231. The summed E-state index contributed by atoms with van der Waals surface area (Å²) >= 11 is 0. The third-order valence-corrected chi connectivity index (χ3v) is 7.53. The minimum atomic E-state index is -4.12. The number of rotatable bonds is 13. The van der Waals surface area contributed by atoms with E-state index in [1.807, 2.05) is 0 Å². The van der Waals surface area contributed by atoms with Gasteiger partial charge in [0.15, 0.2) is 34.3 Å². The molecule has 3 N–H and O–H groups in total. The Balaban J connectivity index is 1.30. The number of halogens is 2. The lowest BCUT2D eigenvalue weighted by molar-refractivity contribution is 0.114. The highest BCUT2D eigenvalue weighted by Gasteiger charge is 2.28. The number of anilines is 1. The average molecular weight is 619 g/mol. The highest BCUT2D eigenvalue weighted by Crippen LogP contribution is 2.50. The second-order valence-corrected chi connectivity index (χ2v) is 10.9. The van der Waals surface area contributed by atoms with Crippen LogP contribution in [0.15, 0.2) is 67.2 Å². The number of nitrogen functional groups attached to an aromatic ring is 1. The molecule has 3 aromatic heterocycles. The van der Waals surface area contributed by atoms with Crippen LogP contribution in [0.5, 0.6) is 5.75 Å². The van der Waals surface area contributed by atoms with Crippen LogP contribution in [0, 0.1) is 11.6 Å². The van der Waals surface area contributed by atoms with Crippen molar-refractivity contribution in [1.82, 2.24) is 19.5 Å². The largest absolute Gasteiger partial charge is 0.519 e. The van der Waals surface area contributed by atoms with Gasteiger partial charge in [-0.15, -0.1) is 0 Å². The van der Waals surface area contributed by atoms with E-state index in [0.717, 1.165) is 6.07 Å². The fourth-order valence-electron chi connectivity index (χ4n) is 3.97. The Kier molecular flexibility index (Phi) is 8.82. The molecule has 17 heteroatoms. The Bertz CT molecular complexity index is 1920. The molecule has 43 heavy (non-hydrogen) atoms. The zero-order valence-corrected chi connectivity index (χ0v) is 23.3. The standard InChI is InChI=1S/C26H24F2N5O9P/c1-37-19-6-5-16(10-18(19)28)22-20(41-26(35)42-22)12-40-43(36,39-11-15-3-2-4-17(27)9-15)14-38-8-7-33-13-30-21-23(33)31-25(29)32-24(21)34/h2-6,9-10,13H,7-8,11-12,14H2,1H3,(H3,29,31,32,34). The van der Waals surface area contributed by atoms with Crippen molar-refractivity contribution < 1.29 is 40.7 Å². The van der Waals surface area contributed by atoms with Crippen molar-refractivity contribution in [1.29, 1.82) is 0 Å². The van der Waals surface area contributed by atoms with Gasteiger partial charge in [0.2, 0.25) is 5.95 Å². The Morgan fingerprint density at radius 2 is 1.91 bits per heavy atom. The van der Waals surface area contributed by atoms with Crippen LogP contribution in [0.3, 0.4) is 0 Å². The monoisotopic (exact) mass is 619 g/mol. The molecule has 1 unspecified atom stereocenters. The number of hydrogen-bond donors (Lipinski definition) is 2. The van der Waals surface area contributed by atoms with Crippen molar-refractivity contribution in [2.75, 3.05) is 25.8 Å². The minimum absolute atomic E-state index is 0.0328. The van der Waals surface area contributed by atoms with Crippen LogP contribution < -0.4 is 21.9 Å². The van der Waals surface area contributed by atoms with Gasteiger partial charge in [-0.05, 0) is 35.9 Å². The first-order valence-corrected chi connectivity index (χ1v) is 14.2. The molecule has 3 heterocycles. The molecule has 5 aromatic rings. The van der Waals surface area contributed by atoms with Gasteiger partial charge >= 0.3 is 13.4 Å². The number of benzene rings is 2. The molecule has 1 atom stereocenters. The topological polar surface area (TPSA) is 187 Å². The summed E-state index contributed by atoms with van der Waals surface area (Å²) < 4.78 is 74.9. The summed E-state index contributed by atoms with van der Waals surface area (Å²) in [6.07, 6.45) is 0.802. The van der Waals surface area contributed by atoms with E-state index >= 15 is 0 Å². The number of ether oxygens (including phenoxy) is 2. The van der Waals surface area contributed by atoms with Crippen LogP contribution in [0.4, 0.5) is 14.7 Å². The number of methoxy groups -OCH3 is 1. The molecule has 0 saturated heterocycles. The number of H-pyrrole nitrogens is 1. The second kappa shape index (κ2) is 12.7. The fourth-order valence-corrected chi connectivity index (χ4v) is 5.21. The summed E-state index contributed by atoms with van der Waals surface area (Å²) in [7, 11) is -2.82. The summed E-state index contributed by atoms with van der Waals surface area (Å²) in [4.78, 5) is 34.3. The summed E-state index contributed by atoms with van der Waals surface area (Å²) in [5.41, 5.74) is 5.92. The van der Waals surface area contributed by atoms with Crippen LogP contribution in [0.25, 0.3) is 22.5 Å². The van der Waals surface area contributed by atoms with E-state index in [-0.39, 0.29) is 59.7 Å².